The van der Waals surface area contributed by atoms with Gasteiger partial charge in [0.05, 0.1) is 11.4 Å². The number of benzene rings is 1. The Hall–Kier alpha value is -1.11. The number of hydrogen-bond acceptors (Lipinski definition) is 3. The van der Waals surface area contributed by atoms with Crippen LogP contribution in [-0.2, 0) is 14.8 Å². The molecule has 1 aliphatic carbocycles. The molecule has 0 aliphatic heterocycles. The maximum absolute atomic E-state index is 12.5. The van der Waals surface area contributed by atoms with E-state index in [2.05, 4.69) is 12.2 Å². The summed E-state index contributed by atoms with van der Waals surface area (Å²) in [6.45, 7) is 4.05. The number of likely N-dealkylation sites (N-methyl/N-ethyl adjacent to an activating group) is 1. The summed E-state index contributed by atoms with van der Waals surface area (Å²) >= 11 is 5.79. The van der Waals surface area contributed by atoms with Crippen LogP contribution in [0.4, 0.5) is 0 Å². The normalized spacial score (nSPS) is 24.8. The predicted molar refractivity (Wildman–Crippen MR) is 95.4 cm³/mol. The van der Waals surface area contributed by atoms with Crippen LogP contribution in [0, 0.1) is 5.92 Å². The van der Waals surface area contributed by atoms with Gasteiger partial charge in [-0.25, -0.2) is 8.42 Å². The zero-order valence-corrected chi connectivity index (χ0v) is 16.0. The van der Waals surface area contributed by atoms with E-state index in [1.54, 1.807) is 0 Å². The number of hydrogen-bond donors (Lipinski definition) is 1. The van der Waals surface area contributed by atoms with Crippen molar-refractivity contribution in [2.45, 2.75) is 50.0 Å². The number of nitrogens with zero attached hydrogens (tertiary/aromatic N) is 1. The molecule has 0 aromatic heterocycles. The number of carbonyl (C=O) groups is 1. The van der Waals surface area contributed by atoms with Gasteiger partial charge in [0.2, 0.25) is 15.9 Å². The van der Waals surface area contributed by atoms with Crippen molar-refractivity contribution in [1.29, 1.82) is 0 Å². The minimum Gasteiger partial charge on any atom is -0.350 e. The van der Waals surface area contributed by atoms with E-state index in [0.29, 0.717) is 10.9 Å². The van der Waals surface area contributed by atoms with E-state index in [1.807, 2.05) is 6.92 Å². The molecule has 0 heterocycles. The van der Waals surface area contributed by atoms with Crippen molar-refractivity contribution in [3.63, 3.8) is 0 Å². The minimum atomic E-state index is -3.71. The fourth-order valence-corrected chi connectivity index (χ4v) is 4.23. The second-order valence-corrected chi connectivity index (χ2v) is 9.49. The van der Waals surface area contributed by atoms with E-state index in [0.717, 1.165) is 30.0 Å². The Kier molecular flexibility index (Phi) is 5.94. The first-order chi connectivity index (χ1) is 11.1. The van der Waals surface area contributed by atoms with Gasteiger partial charge in [-0.3, -0.25) is 4.79 Å². The third kappa shape index (κ3) is 4.71. The Morgan fingerprint density at radius 3 is 2.38 bits per heavy atom. The van der Waals surface area contributed by atoms with Gasteiger partial charge in [0.25, 0.3) is 0 Å². The fraction of sp³-hybridized carbons (Fsp3) is 0.588. The summed E-state index contributed by atoms with van der Waals surface area (Å²) in [7, 11) is -2.29. The molecule has 7 heteroatoms. The molecule has 5 nitrogen and oxygen atoms in total. The number of nitrogens with one attached hydrogen (secondary N) is 1. The third-order valence-electron chi connectivity index (χ3n) is 4.71. The van der Waals surface area contributed by atoms with Crippen LogP contribution in [-0.4, -0.2) is 37.8 Å². The van der Waals surface area contributed by atoms with Crippen LogP contribution in [0.15, 0.2) is 29.2 Å². The minimum absolute atomic E-state index is 0.125. The molecule has 0 atom stereocenters. The topological polar surface area (TPSA) is 66.5 Å². The van der Waals surface area contributed by atoms with Crippen molar-refractivity contribution in [3.05, 3.63) is 29.3 Å². The summed E-state index contributed by atoms with van der Waals surface area (Å²) in [5.41, 5.74) is -0.242. The van der Waals surface area contributed by atoms with Crippen molar-refractivity contribution in [2.24, 2.45) is 5.92 Å². The first-order valence-electron chi connectivity index (χ1n) is 8.15. The van der Waals surface area contributed by atoms with Gasteiger partial charge >= 0.3 is 0 Å². The van der Waals surface area contributed by atoms with E-state index in [-0.39, 0.29) is 22.9 Å². The van der Waals surface area contributed by atoms with Gasteiger partial charge in [-0.15, -0.1) is 0 Å². The maximum atomic E-state index is 12.5. The van der Waals surface area contributed by atoms with E-state index in [9.17, 15) is 13.2 Å². The highest BCUT2D eigenvalue weighted by Gasteiger charge is 2.32. The first-order valence-corrected chi connectivity index (χ1v) is 9.97. The van der Waals surface area contributed by atoms with Crippen LogP contribution in [0.25, 0.3) is 0 Å². The molecule has 1 amide bonds. The number of halogens is 1. The Morgan fingerprint density at radius 2 is 1.83 bits per heavy atom. The van der Waals surface area contributed by atoms with E-state index in [1.165, 1.54) is 31.3 Å². The SMILES string of the molecule is CC1CCC(C)(NC(=O)CN(C)S(=O)(=O)c2ccc(Cl)cc2)CC1. The molecule has 1 fully saturated rings. The highest BCUT2D eigenvalue weighted by molar-refractivity contribution is 7.89. The summed E-state index contributed by atoms with van der Waals surface area (Å²) in [6, 6.07) is 5.92. The zero-order chi connectivity index (χ0) is 18.0. The molecule has 1 saturated carbocycles. The molecule has 2 rings (SSSR count). The average molecular weight is 373 g/mol. The summed E-state index contributed by atoms with van der Waals surface area (Å²) in [6.07, 6.45) is 4.01. The molecular weight excluding hydrogens is 348 g/mol. The number of amides is 1. The standard InChI is InChI=1S/C17H25ClN2O3S/c1-13-8-10-17(2,11-9-13)19-16(21)12-20(3)24(22,23)15-6-4-14(18)5-7-15/h4-7,13H,8-12H2,1-3H3,(H,19,21). The van der Waals surface area contributed by atoms with Crippen LogP contribution >= 0.6 is 11.6 Å². The van der Waals surface area contributed by atoms with Gasteiger partial charge in [0.15, 0.2) is 0 Å². The highest BCUT2D eigenvalue weighted by atomic mass is 35.5. The Labute approximate surface area is 149 Å². The second-order valence-electron chi connectivity index (χ2n) is 7.01. The van der Waals surface area contributed by atoms with Gasteiger partial charge in [-0.2, -0.15) is 4.31 Å². The zero-order valence-electron chi connectivity index (χ0n) is 14.4. The molecule has 1 aliphatic rings. The fourth-order valence-electron chi connectivity index (χ4n) is 2.97. The molecule has 0 radical (unpaired) electrons. The Balaban J connectivity index is 1.99. The first kappa shape index (κ1) is 19.2. The monoisotopic (exact) mass is 372 g/mol. The Bertz CT molecular complexity index is 680. The van der Waals surface area contributed by atoms with Gasteiger partial charge in [0.1, 0.15) is 0 Å². The number of sulfonamides is 1. The molecule has 0 spiro atoms. The lowest BCUT2D eigenvalue weighted by molar-refractivity contribution is -0.123. The molecule has 134 valence electrons. The molecule has 0 saturated heterocycles. The van der Waals surface area contributed by atoms with Crippen molar-refractivity contribution in [3.8, 4) is 0 Å². The summed E-state index contributed by atoms with van der Waals surface area (Å²) in [4.78, 5) is 12.4. The molecule has 0 bridgehead atoms. The molecular formula is C17H25ClN2O3S. The summed E-state index contributed by atoms with van der Waals surface area (Å²) < 4.78 is 26.1. The van der Waals surface area contributed by atoms with Crippen LogP contribution in [0.1, 0.15) is 39.5 Å². The maximum Gasteiger partial charge on any atom is 0.243 e. The van der Waals surface area contributed by atoms with Gasteiger partial charge in [-0.1, -0.05) is 18.5 Å². The number of carbonyl (C=O) groups excluding carboxylic acids is 1. The van der Waals surface area contributed by atoms with E-state index < -0.39 is 10.0 Å². The lowest BCUT2D eigenvalue weighted by Gasteiger charge is -2.37. The van der Waals surface area contributed by atoms with Crippen molar-refractivity contribution < 1.29 is 13.2 Å². The smallest absolute Gasteiger partial charge is 0.243 e. The summed E-state index contributed by atoms with van der Waals surface area (Å²) in [5.74, 6) is 0.412. The molecule has 1 aromatic carbocycles. The highest BCUT2D eigenvalue weighted by Crippen LogP contribution is 2.31. The van der Waals surface area contributed by atoms with Crippen molar-refractivity contribution in [2.75, 3.05) is 13.6 Å². The van der Waals surface area contributed by atoms with Crippen LogP contribution in [0.5, 0.6) is 0 Å². The van der Waals surface area contributed by atoms with Gasteiger partial charge in [0, 0.05) is 17.6 Å². The van der Waals surface area contributed by atoms with Crippen molar-refractivity contribution >= 4 is 27.5 Å². The van der Waals surface area contributed by atoms with Crippen LogP contribution in [0.2, 0.25) is 5.02 Å². The van der Waals surface area contributed by atoms with Crippen LogP contribution in [0.3, 0.4) is 0 Å². The van der Waals surface area contributed by atoms with Gasteiger partial charge in [-0.05, 0) is 62.8 Å². The summed E-state index contributed by atoms with van der Waals surface area (Å²) in [5, 5.41) is 3.48. The molecule has 24 heavy (non-hydrogen) atoms. The second kappa shape index (κ2) is 7.42. The lowest BCUT2D eigenvalue weighted by atomic mass is 9.78. The lowest BCUT2D eigenvalue weighted by Crippen LogP contribution is -2.51. The third-order valence-corrected chi connectivity index (χ3v) is 6.78. The Morgan fingerprint density at radius 1 is 1.29 bits per heavy atom. The average Bonchev–Trinajstić information content (AvgIpc) is 2.50. The predicted octanol–water partition coefficient (Wildman–Crippen LogP) is 3.05. The van der Waals surface area contributed by atoms with E-state index in [4.69, 9.17) is 11.6 Å². The van der Waals surface area contributed by atoms with Crippen molar-refractivity contribution in [1.82, 2.24) is 9.62 Å². The molecule has 1 N–H and O–H groups in total. The largest absolute Gasteiger partial charge is 0.350 e. The number of rotatable bonds is 5. The van der Waals surface area contributed by atoms with E-state index >= 15 is 0 Å². The van der Waals surface area contributed by atoms with Gasteiger partial charge < -0.3 is 5.32 Å². The molecule has 0 unspecified atom stereocenters. The van der Waals surface area contributed by atoms with Crippen LogP contribution < -0.4 is 5.32 Å². The molecule has 1 aromatic rings. The quantitative estimate of drug-likeness (QED) is 0.863.